The predicted octanol–water partition coefficient (Wildman–Crippen LogP) is 1.32. The van der Waals surface area contributed by atoms with Crippen molar-refractivity contribution < 1.29 is 23.8 Å². The monoisotopic (exact) mass is 293 g/mol. The number of aliphatic carboxylic acids is 1. The van der Waals surface area contributed by atoms with Crippen molar-refractivity contribution in [2.24, 2.45) is 11.8 Å². The number of ether oxygens (including phenoxy) is 1. The van der Waals surface area contributed by atoms with E-state index in [0.717, 1.165) is 12.0 Å². The topological polar surface area (TPSA) is 75.6 Å². The molecule has 2 saturated heterocycles. The molecular formula is C15H16FNO4. The fraction of sp³-hybridized carbons (Fsp3) is 0.467. The molecule has 2 N–H and O–H groups in total. The van der Waals surface area contributed by atoms with Gasteiger partial charge in [0.05, 0.1) is 24.0 Å². The van der Waals surface area contributed by atoms with Crippen LogP contribution < -0.4 is 5.32 Å². The number of hydrogen-bond acceptors (Lipinski definition) is 3. The molecule has 1 aromatic carbocycles. The summed E-state index contributed by atoms with van der Waals surface area (Å²) in [7, 11) is 0. The van der Waals surface area contributed by atoms with Crippen molar-refractivity contribution in [3.8, 4) is 0 Å². The van der Waals surface area contributed by atoms with Crippen LogP contribution >= 0.6 is 0 Å². The van der Waals surface area contributed by atoms with E-state index >= 15 is 0 Å². The Hall–Kier alpha value is -1.95. The van der Waals surface area contributed by atoms with Crippen molar-refractivity contribution in [2.75, 3.05) is 0 Å². The first-order chi connectivity index (χ1) is 10.1. The third-order valence-electron chi connectivity index (χ3n) is 4.24. The number of rotatable bonds is 4. The summed E-state index contributed by atoms with van der Waals surface area (Å²) in [5, 5.41) is 12.0. The lowest BCUT2D eigenvalue weighted by molar-refractivity contribution is -0.147. The maximum absolute atomic E-state index is 12.8. The molecule has 1 aromatic rings. The van der Waals surface area contributed by atoms with Gasteiger partial charge in [0.25, 0.3) is 0 Å². The first-order valence-corrected chi connectivity index (χ1v) is 6.96. The molecule has 1 amide bonds. The molecule has 3 rings (SSSR count). The molecule has 21 heavy (non-hydrogen) atoms. The fourth-order valence-electron chi connectivity index (χ4n) is 3.23. The number of carboxylic acids is 1. The van der Waals surface area contributed by atoms with Gasteiger partial charge < -0.3 is 15.2 Å². The van der Waals surface area contributed by atoms with Crippen LogP contribution in [0.4, 0.5) is 4.39 Å². The largest absolute Gasteiger partial charge is 0.481 e. The number of carbonyl (C=O) groups is 2. The first-order valence-electron chi connectivity index (χ1n) is 6.96. The molecule has 0 aliphatic carbocycles. The summed E-state index contributed by atoms with van der Waals surface area (Å²) in [4.78, 5) is 23.6. The van der Waals surface area contributed by atoms with Gasteiger partial charge in [-0.15, -0.1) is 0 Å². The Bertz CT molecular complexity index is 559. The number of carbonyl (C=O) groups excluding carboxylic acids is 1. The lowest BCUT2D eigenvalue weighted by Crippen LogP contribution is -2.43. The highest BCUT2D eigenvalue weighted by Crippen LogP contribution is 2.43. The van der Waals surface area contributed by atoms with Gasteiger partial charge in [0.15, 0.2) is 0 Å². The zero-order valence-corrected chi connectivity index (χ0v) is 11.3. The Morgan fingerprint density at radius 3 is 2.43 bits per heavy atom. The van der Waals surface area contributed by atoms with E-state index in [1.54, 1.807) is 12.1 Å². The summed E-state index contributed by atoms with van der Waals surface area (Å²) in [5.41, 5.74) is 0.765. The molecule has 5 nitrogen and oxygen atoms in total. The minimum atomic E-state index is -0.982. The molecule has 2 aliphatic rings. The summed E-state index contributed by atoms with van der Waals surface area (Å²) in [6.07, 6.45) is 0.769. The smallest absolute Gasteiger partial charge is 0.310 e. The minimum absolute atomic E-state index is 0.249. The predicted molar refractivity (Wildman–Crippen MR) is 70.8 cm³/mol. The molecule has 0 unspecified atom stereocenters. The maximum Gasteiger partial charge on any atom is 0.310 e. The SMILES string of the molecule is O=C(O)[C@@H]1[C@@H](C(=O)NCc2ccc(F)cc2)[C@H]2CC[C@@H]1O2. The van der Waals surface area contributed by atoms with Crippen molar-refractivity contribution in [2.45, 2.75) is 31.6 Å². The second-order valence-electron chi connectivity index (χ2n) is 5.52. The lowest BCUT2D eigenvalue weighted by Gasteiger charge is -2.23. The molecule has 2 aliphatic heterocycles. The molecule has 2 heterocycles. The zero-order valence-electron chi connectivity index (χ0n) is 11.3. The third-order valence-corrected chi connectivity index (χ3v) is 4.24. The summed E-state index contributed by atoms with van der Waals surface area (Å²) < 4.78 is 18.4. The Balaban J connectivity index is 1.64. The van der Waals surface area contributed by atoms with E-state index in [1.165, 1.54) is 12.1 Å². The molecule has 0 radical (unpaired) electrons. The van der Waals surface area contributed by atoms with Crippen LogP contribution in [0.15, 0.2) is 24.3 Å². The first kappa shape index (κ1) is 14.0. The second kappa shape index (κ2) is 5.44. The quantitative estimate of drug-likeness (QED) is 0.878. The molecule has 2 fully saturated rings. The van der Waals surface area contributed by atoms with Crippen molar-refractivity contribution in [1.29, 1.82) is 0 Å². The van der Waals surface area contributed by atoms with E-state index in [9.17, 15) is 19.1 Å². The molecule has 0 aromatic heterocycles. The Morgan fingerprint density at radius 1 is 1.19 bits per heavy atom. The Morgan fingerprint density at radius 2 is 1.81 bits per heavy atom. The van der Waals surface area contributed by atoms with Crippen molar-refractivity contribution in [1.82, 2.24) is 5.32 Å². The number of carboxylic acid groups (broad SMARTS) is 1. The van der Waals surface area contributed by atoms with Crippen LogP contribution in [0.2, 0.25) is 0 Å². The van der Waals surface area contributed by atoms with E-state index in [-0.39, 0.29) is 30.5 Å². The van der Waals surface area contributed by atoms with E-state index in [1.807, 2.05) is 0 Å². The number of halogens is 1. The summed E-state index contributed by atoms with van der Waals surface area (Å²) >= 11 is 0. The Kier molecular flexibility index (Phi) is 3.63. The third kappa shape index (κ3) is 2.63. The van der Waals surface area contributed by atoms with Crippen molar-refractivity contribution in [3.63, 3.8) is 0 Å². The number of nitrogens with one attached hydrogen (secondary N) is 1. The lowest BCUT2D eigenvalue weighted by atomic mass is 9.78. The number of fused-ring (bicyclic) bond motifs is 2. The van der Waals surface area contributed by atoms with Gasteiger partial charge in [-0.25, -0.2) is 4.39 Å². The van der Waals surface area contributed by atoms with E-state index in [2.05, 4.69) is 5.32 Å². The van der Waals surface area contributed by atoms with Crippen LogP contribution in [0, 0.1) is 17.7 Å². The van der Waals surface area contributed by atoms with Crippen LogP contribution in [-0.4, -0.2) is 29.2 Å². The van der Waals surface area contributed by atoms with Gasteiger partial charge in [0.2, 0.25) is 5.91 Å². The van der Waals surface area contributed by atoms with Gasteiger partial charge in [0, 0.05) is 6.54 Å². The van der Waals surface area contributed by atoms with Crippen LogP contribution in [0.5, 0.6) is 0 Å². The highest BCUT2D eigenvalue weighted by molar-refractivity contribution is 5.86. The van der Waals surface area contributed by atoms with Crippen molar-refractivity contribution in [3.05, 3.63) is 35.6 Å². The highest BCUT2D eigenvalue weighted by atomic mass is 19.1. The number of benzene rings is 1. The fourth-order valence-corrected chi connectivity index (χ4v) is 3.23. The highest BCUT2D eigenvalue weighted by Gasteiger charge is 2.55. The molecule has 112 valence electrons. The number of hydrogen-bond donors (Lipinski definition) is 2. The van der Waals surface area contributed by atoms with Crippen molar-refractivity contribution >= 4 is 11.9 Å². The zero-order chi connectivity index (χ0) is 15.0. The Labute approximate surface area is 121 Å². The van der Waals surface area contributed by atoms with Gasteiger partial charge in [0.1, 0.15) is 5.82 Å². The average molecular weight is 293 g/mol. The van der Waals surface area contributed by atoms with Crippen LogP contribution in [0.1, 0.15) is 18.4 Å². The van der Waals surface area contributed by atoms with Crippen LogP contribution in [-0.2, 0) is 20.9 Å². The molecule has 0 saturated carbocycles. The van der Waals surface area contributed by atoms with E-state index in [4.69, 9.17) is 4.74 Å². The van der Waals surface area contributed by atoms with Crippen LogP contribution in [0.3, 0.4) is 0 Å². The summed E-state index contributed by atoms with van der Waals surface area (Å²) in [6.45, 7) is 0.249. The molecular weight excluding hydrogens is 277 g/mol. The number of amides is 1. The summed E-state index contributed by atoms with van der Waals surface area (Å²) in [5.74, 6) is -3.03. The maximum atomic E-state index is 12.8. The van der Waals surface area contributed by atoms with Gasteiger partial charge in [-0.05, 0) is 30.5 Å². The van der Waals surface area contributed by atoms with Gasteiger partial charge in [-0.3, -0.25) is 9.59 Å². The molecule has 0 spiro atoms. The minimum Gasteiger partial charge on any atom is -0.481 e. The van der Waals surface area contributed by atoms with Gasteiger partial charge in [-0.2, -0.15) is 0 Å². The standard InChI is InChI=1S/C15H16FNO4/c16-9-3-1-8(2-4-9)7-17-14(18)12-10-5-6-11(21-10)13(12)15(19)20/h1-4,10-13H,5-7H2,(H,17,18)(H,19,20)/t10-,11+,12+,13+/m1/s1. The molecule has 2 bridgehead atoms. The molecule has 4 atom stereocenters. The second-order valence-corrected chi connectivity index (χ2v) is 5.52. The van der Waals surface area contributed by atoms with E-state index < -0.39 is 17.8 Å². The van der Waals surface area contributed by atoms with Gasteiger partial charge in [-0.1, -0.05) is 12.1 Å². The normalized spacial score (nSPS) is 30.3. The van der Waals surface area contributed by atoms with E-state index in [0.29, 0.717) is 6.42 Å². The average Bonchev–Trinajstić information content (AvgIpc) is 3.06. The summed E-state index contributed by atoms with van der Waals surface area (Å²) in [6, 6.07) is 5.81. The van der Waals surface area contributed by atoms with Gasteiger partial charge >= 0.3 is 5.97 Å². The van der Waals surface area contributed by atoms with Crippen LogP contribution in [0.25, 0.3) is 0 Å². The molecule has 6 heteroatoms.